The van der Waals surface area contributed by atoms with Crippen molar-refractivity contribution in [2.75, 3.05) is 13.1 Å². The number of sulfonamides is 1. The predicted octanol–water partition coefficient (Wildman–Crippen LogP) is 1.99. The number of aromatic nitrogens is 3. The van der Waals surface area contributed by atoms with Gasteiger partial charge in [0.15, 0.2) is 5.82 Å². The molecule has 2 fully saturated rings. The highest BCUT2D eigenvalue weighted by atomic mass is 32.2. The lowest BCUT2D eigenvalue weighted by molar-refractivity contribution is 0.246. The van der Waals surface area contributed by atoms with E-state index in [4.69, 9.17) is 4.52 Å². The summed E-state index contributed by atoms with van der Waals surface area (Å²) in [7, 11) is -3.48. The van der Waals surface area contributed by atoms with Crippen LogP contribution in [0.4, 0.5) is 0 Å². The topological polar surface area (TPSA) is 89.2 Å². The molecule has 1 aliphatic carbocycles. The molecule has 1 atom stereocenters. The molecular formula is C16H20N4O3S. The Labute approximate surface area is 141 Å². The van der Waals surface area contributed by atoms with Crippen LogP contribution in [0.1, 0.15) is 43.3 Å². The summed E-state index contributed by atoms with van der Waals surface area (Å²) in [5.41, 5.74) is 0. The van der Waals surface area contributed by atoms with Gasteiger partial charge in [-0.15, -0.1) is 0 Å². The van der Waals surface area contributed by atoms with E-state index in [9.17, 15) is 8.42 Å². The van der Waals surface area contributed by atoms with Crippen molar-refractivity contribution >= 4 is 10.0 Å². The van der Waals surface area contributed by atoms with Gasteiger partial charge < -0.3 is 4.52 Å². The molecule has 0 amide bonds. The van der Waals surface area contributed by atoms with Gasteiger partial charge in [0, 0.05) is 37.8 Å². The Morgan fingerprint density at radius 3 is 2.92 bits per heavy atom. The van der Waals surface area contributed by atoms with Gasteiger partial charge in [-0.05, 0) is 43.7 Å². The molecule has 0 spiro atoms. The number of piperidine rings is 1. The standard InChI is InChI=1S/C16H20N4O3S/c21-24(22,14-4-1-7-17-10-14)20-8-2-3-12(11-20)9-15-18-16(19-23-15)13-5-6-13/h1,4,7,10,12-13H,2-3,5-6,8-9,11H2/t12-/m0/s1. The van der Waals surface area contributed by atoms with Gasteiger partial charge in [0.1, 0.15) is 4.90 Å². The van der Waals surface area contributed by atoms with E-state index in [0.717, 1.165) is 31.5 Å². The highest BCUT2D eigenvalue weighted by Gasteiger charge is 2.32. The lowest BCUT2D eigenvalue weighted by Gasteiger charge is -2.31. The molecule has 8 heteroatoms. The number of pyridine rings is 1. The molecule has 0 bridgehead atoms. The molecule has 2 aliphatic rings. The van der Waals surface area contributed by atoms with Crippen LogP contribution in [-0.4, -0.2) is 40.9 Å². The van der Waals surface area contributed by atoms with E-state index in [1.807, 2.05) is 0 Å². The first-order valence-corrected chi connectivity index (χ1v) is 9.79. The largest absolute Gasteiger partial charge is 0.339 e. The molecule has 0 radical (unpaired) electrons. The van der Waals surface area contributed by atoms with Gasteiger partial charge in [-0.3, -0.25) is 4.98 Å². The van der Waals surface area contributed by atoms with Crippen molar-refractivity contribution < 1.29 is 12.9 Å². The maximum Gasteiger partial charge on any atom is 0.244 e. The Bertz CT molecular complexity index is 802. The SMILES string of the molecule is O=S(=O)(c1cccnc1)N1CCC[C@@H](Cc2nc(C3CC3)no2)C1. The fraction of sp³-hybridized carbons (Fsp3) is 0.562. The zero-order valence-corrected chi connectivity index (χ0v) is 14.2. The Kier molecular flexibility index (Phi) is 4.09. The summed E-state index contributed by atoms with van der Waals surface area (Å²) < 4.78 is 32.3. The number of rotatable bonds is 5. The summed E-state index contributed by atoms with van der Waals surface area (Å²) in [6.07, 6.45) is 7.70. The van der Waals surface area contributed by atoms with Crippen molar-refractivity contribution in [2.45, 2.75) is 42.9 Å². The second-order valence-corrected chi connectivity index (χ2v) is 8.52. The van der Waals surface area contributed by atoms with Crippen LogP contribution in [0, 0.1) is 5.92 Å². The first-order chi connectivity index (χ1) is 11.6. The van der Waals surface area contributed by atoms with E-state index in [0.29, 0.717) is 31.3 Å². The van der Waals surface area contributed by atoms with Crippen LogP contribution in [0.3, 0.4) is 0 Å². The Hall–Kier alpha value is -1.80. The van der Waals surface area contributed by atoms with E-state index < -0.39 is 10.0 Å². The molecule has 24 heavy (non-hydrogen) atoms. The number of hydrogen-bond acceptors (Lipinski definition) is 6. The molecule has 4 rings (SSSR count). The Balaban J connectivity index is 1.45. The average Bonchev–Trinajstić information content (AvgIpc) is 3.36. The average molecular weight is 348 g/mol. The van der Waals surface area contributed by atoms with E-state index in [2.05, 4.69) is 15.1 Å². The molecule has 0 aromatic carbocycles. The third-order valence-electron chi connectivity index (χ3n) is 4.64. The van der Waals surface area contributed by atoms with Crippen LogP contribution >= 0.6 is 0 Å². The normalized spacial score (nSPS) is 22.6. The monoisotopic (exact) mass is 348 g/mol. The van der Waals surface area contributed by atoms with Gasteiger partial charge in [0.2, 0.25) is 15.9 Å². The summed E-state index contributed by atoms with van der Waals surface area (Å²) in [5.74, 6) is 2.11. The second kappa shape index (κ2) is 6.25. The molecule has 128 valence electrons. The third-order valence-corrected chi connectivity index (χ3v) is 6.49. The summed E-state index contributed by atoms with van der Waals surface area (Å²) in [6.45, 7) is 1.03. The van der Waals surface area contributed by atoms with Gasteiger partial charge >= 0.3 is 0 Å². The molecule has 2 aromatic rings. The van der Waals surface area contributed by atoms with E-state index >= 15 is 0 Å². The van der Waals surface area contributed by atoms with E-state index in [-0.39, 0.29) is 10.8 Å². The molecule has 0 N–H and O–H groups in total. The zero-order valence-electron chi connectivity index (χ0n) is 13.3. The van der Waals surface area contributed by atoms with Gasteiger partial charge in [-0.1, -0.05) is 5.16 Å². The van der Waals surface area contributed by atoms with Gasteiger partial charge in [0.25, 0.3) is 0 Å². The minimum Gasteiger partial charge on any atom is -0.339 e. The second-order valence-electron chi connectivity index (χ2n) is 6.58. The van der Waals surface area contributed by atoms with E-state index in [1.54, 1.807) is 22.6 Å². The predicted molar refractivity (Wildman–Crippen MR) is 85.7 cm³/mol. The van der Waals surface area contributed by atoms with E-state index in [1.165, 1.54) is 6.20 Å². The van der Waals surface area contributed by atoms with Crippen LogP contribution < -0.4 is 0 Å². The first kappa shape index (κ1) is 15.7. The first-order valence-electron chi connectivity index (χ1n) is 8.35. The van der Waals surface area contributed by atoms with Crippen LogP contribution in [-0.2, 0) is 16.4 Å². The van der Waals surface area contributed by atoms with Gasteiger partial charge in [0.05, 0.1) is 0 Å². The van der Waals surface area contributed by atoms with Crippen molar-refractivity contribution in [3.63, 3.8) is 0 Å². The quantitative estimate of drug-likeness (QED) is 0.821. The number of hydrogen-bond donors (Lipinski definition) is 0. The van der Waals surface area contributed by atoms with Crippen LogP contribution in [0.15, 0.2) is 33.9 Å². The summed E-state index contributed by atoms with van der Waals surface area (Å²) in [5, 5.41) is 4.03. The summed E-state index contributed by atoms with van der Waals surface area (Å²) >= 11 is 0. The van der Waals surface area contributed by atoms with Crippen molar-refractivity contribution in [3.8, 4) is 0 Å². The van der Waals surface area contributed by atoms with Crippen molar-refractivity contribution in [2.24, 2.45) is 5.92 Å². The summed E-state index contributed by atoms with van der Waals surface area (Å²) in [6, 6.07) is 3.23. The molecule has 0 unspecified atom stereocenters. The molecule has 7 nitrogen and oxygen atoms in total. The van der Waals surface area contributed by atoms with Gasteiger partial charge in [-0.2, -0.15) is 9.29 Å². The highest BCUT2D eigenvalue weighted by Crippen LogP contribution is 2.38. The Morgan fingerprint density at radius 2 is 2.17 bits per heavy atom. The fourth-order valence-electron chi connectivity index (χ4n) is 3.17. The zero-order chi connectivity index (χ0) is 16.6. The maximum atomic E-state index is 12.7. The Morgan fingerprint density at radius 1 is 1.29 bits per heavy atom. The summed E-state index contributed by atoms with van der Waals surface area (Å²) in [4.78, 5) is 8.62. The number of nitrogens with zero attached hydrogens (tertiary/aromatic N) is 4. The fourth-order valence-corrected chi connectivity index (χ4v) is 4.69. The van der Waals surface area contributed by atoms with Crippen molar-refractivity contribution in [1.29, 1.82) is 0 Å². The third kappa shape index (κ3) is 3.21. The van der Waals surface area contributed by atoms with Crippen LogP contribution in [0.5, 0.6) is 0 Å². The molecular weight excluding hydrogens is 328 g/mol. The molecule has 1 aliphatic heterocycles. The lowest BCUT2D eigenvalue weighted by Crippen LogP contribution is -2.40. The van der Waals surface area contributed by atoms with Gasteiger partial charge in [-0.25, -0.2) is 8.42 Å². The van der Waals surface area contributed by atoms with Crippen molar-refractivity contribution in [3.05, 3.63) is 36.2 Å². The molecule has 2 aromatic heterocycles. The minimum atomic E-state index is -3.48. The minimum absolute atomic E-state index is 0.206. The van der Waals surface area contributed by atoms with Crippen molar-refractivity contribution in [1.82, 2.24) is 19.4 Å². The smallest absolute Gasteiger partial charge is 0.244 e. The molecule has 3 heterocycles. The molecule has 1 saturated carbocycles. The highest BCUT2D eigenvalue weighted by molar-refractivity contribution is 7.89. The molecule has 1 saturated heterocycles. The lowest BCUT2D eigenvalue weighted by atomic mass is 9.96. The van der Waals surface area contributed by atoms with Crippen LogP contribution in [0.25, 0.3) is 0 Å². The maximum absolute atomic E-state index is 12.7. The van der Waals surface area contributed by atoms with Crippen LogP contribution in [0.2, 0.25) is 0 Å².